The number of hydrogen-bond donors (Lipinski definition) is 3. The van der Waals surface area contributed by atoms with E-state index in [9.17, 15) is 9.59 Å². The molecule has 2 amide bonds. The van der Waals surface area contributed by atoms with Crippen LogP contribution in [0.2, 0.25) is 0 Å². The normalized spacial score (nSPS) is 19.8. The summed E-state index contributed by atoms with van der Waals surface area (Å²) in [7, 11) is 0. The average molecular weight is 342 g/mol. The molecule has 132 valence electrons. The molecule has 0 bridgehead atoms. The van der Waals surface area contributed by atoms with E-state index in [0.29, 0.717) is 36.7 Å². The lowest BCUT2D eigenvalue weighted by molar-refractivity contribution is -0.00792. The molecule has 0 unspecified atom stereocenters. The molecule has 1 aliphatic heterocycles. The van der Waals surface area contributed by atoms with Crippen molar-refractivity contribution in [3.8, 4) is 0 Å². The van der Waals surface area contributed by atoms with Gasteiger partial charge in [0.25, 0.3) is 5.91 Å². The van der Waals surface area contributed by atoms with Crippen LogP contribution in [0.15, 0.2) is 24.5 Å². The summed E-state index contributed by atoms with van der Waals surface area (Å²) in [5.41, 5.74) is 1.77. The first-order valence-electron chi connectivity index (χ1n) is 8.73. The zero-order valence-electron chi connectivity index (χ0n) is 14.0. The molecule has 0 aromatic carbocycles. The smallest absolute Gasteiger partial charge is 0.407 e. The monoisotopic (exact) mass is 342 g/mol. The molecule has 7 heteroatoms. The second kappa shape index (κ2) is 6.06. The van der Waals surface area contributed by atoms with Gasteiger partial charge >= 0.3 is 6.09 Å². The van der Waals surface area contributed by atoms with Crippen LogP contribution < -0.4 is 5.32 Å². The van der Waals surface area contributed by atoms with Crippen LogP contribution in [-0.4, -0.2) is 51.6 Å². The van der Waals surface area contributed by atoms with Crippen LogP contribution >= 0.6 is 0 Å². The topological polar surface area (TPSA) is 98.3 Å². The maximum Gasteiger partial charge on any atom is 0.407 e. The van der Waals surface area contributed by atoms with E-state index in [1.807, 2.05) is 12.1 Å². The van der Waals surface area contributed by atoms with E-state index in [-0.39, 0.29) is 5.91 Å². The minimum Gasteiger partial charge on any atom is -0.465 e. The largest absolute Gasteiger partial charge is 0.465 e. The molecule has 0 radical (unpaired) electrons. The molecule has 2 aromatic heterocycles. The summed E-state index contributed by atoms with van der Waals surface area (Å²) in [5, 5.41) is 13.0. The van der Waals surface area contributed by atoms with Crippen LogP contribution in [-0.2, 0) is 0 Å². The zero-order chi connectivity index (χ0) is 17.4. The number of nitrogens with zero attached hydrogens (tertiary/aromatic N) is 2. The van der Waals surface area contributed by atoms with Crippen molar-refractivity contribution in [3.63, 3.8) is 0 Å². The summed E-state index contributed by atoms with van der Waals surface area (Å²) in [6.07, 6.45) is 6.67. The minimum atomic E-state index is -0.813. The highest BCUT2D eigenvalue weighted by molar-refractivity contribution is 5.97. The fourth-order valence-electron chi connectivity index (χ4n) is 4.32. The third-order valence-electron chi connectivity index (χ3n) is 5.75. The predicted molar refractivity (Wildman–Crippen MR) is 92.4 cm³/mol. The van der Waals surface area contributed by atoms with Gasteiger partial charge in [0.2, 0.25) is 0 Å². The number of carbonyl (C=O) groups is 2. The van der Waals surface area contributed by atoms with Crippen molar-refractivity contribution in [1.29, 1.82) is 0 Å². The van der Waals surface area contributed by atoms with Gasteiger partial charge in [-0.3, -0.25) is 9.78 Å². The molecule has 7 nitrogen and oxygen atoms in total. The van der Waals surface area contributed by atoms with E-state index < -0.39 is 6.09 Å². The molecule has 4 rings (SSSR count). The van der Waals surface area contributed by atoms with Gasteiger partial charge in [-0.2, -0.15) is 0 Å². The van der Waals surface area contributed by atoms with E-state index in [1.54, 1.807) is 12.4 Å². The van der Waals surface area contributed by atoms with Gasteiger partial charge in [0.1, 0.15) is 5.69 Å². The lowest BCUT2D eigenvalue weighted by Crippen LogP contribution is -2.50. The van der Waals surface area contributed by atoms with Crippen molar-refractivity contribution in [2.24, 2.45) is 11.3 Å². The van der Waals surface area contributed by atoms with Gasteiger partial charge in [0.05, 0.1) is 0 Å². The number of hydrogen-bond acceptors (Lipinski definition) is 3. The van der Waals surface area contributed by atoms with Crippen LogP contribution in [0.25, 0.3) is 10.9 Å². The van der Waals surface area contributed by atoms with E-state index in [4.69, 9.17) is 5.11 Å². The van der Waals surface area contributed by atoms with E-state index >= 15 is 0 Å². The number of fused-ring (bicyclic) bond motifs is 1. The lowest BCUT2D eigenvalue weighted by Gasteiger charge is -2.52. The molecule has 1 saturated carbocycles. The third-order valence-corrected chi connectivity index (χ3v) is 5.75. The quantitative estimate of drug-likeness (QED) is 0.798. The summed E-state index contributed by atoms with van der Waals surface area (Å²) in [6.45, 7) is 1.95. The Balaban J connectivity index is 1.26. The van der Waals surface area contributed by atoms with E-state index in [2.05, 4.69) is 15.3 Å². The Morgan fingerprint density at radius 1 is 1.36 bits per heavy atom. The Bertz CT molecular complexity index is 767. The van der Waals surface area contributed by atoms with Gasteiger partial charge < -0.3 is 20.3 Å². The van der Waals surface area contributed by atoms with Crippen LogP contribution in [0.1, 0.15) is 36.2 Å². The standard InChI is InChI=1S/C18H22N4O3/c23-16(15-7-13-11-19-4-1-14(13)21-15)20-10-12-8-18(9-12)2-5-22(6-3-18)17(24)25/h1,4,7,11-12,21H,2-3,5-6,8-10H2,(H,20,23)(H,24,25). The molecule has 1 saturated heterocycles. The van der Waals surface area contributed by atoms with Gasteiger partial charge in [0, 0.05) is 42.9 Å². The maximum absolute atomic E-state index is 12.3. The first-order chi connectivity index (χ1) is 12.0. The summed E-state index contributed by atoms with van der Waals surface area (Å²) in [6, 6.07) is 3.67. The molecule has 1 aliphatic carbocycles. The van der Waals surface area contributed by atoms with Gasteiger partial charge in [-0.1, -0.05) is 0 Å². The molecule has 0 atom stereocenters. The molecule has 2 aliphatic rings. The highest BCUT2D eigenvalue weighted by Crippen LogP contribution is 2.52. The second-order valence-corrected chi connectivity index (χ2v) is 7.40. The first-order valence-corrected chi connectivity index (χ1v) is 8.73. The van der Waals surface area contributed by atoms with Crippen molar-refractivity contribution < 1.29 is 14.7 Å². The molecule has 1 spiro atoms. The number of carbonyl (C=O) groups excluding carboxylic acids is 1. The number of pyridine rings is 1. The Kier molecular flexibility index (Phi) is 3.86. The fourth-order valence-corrected chi connectivity index (χ4v) is 4.32. The zero-order valence-corrected chi connectivity index (χ0v) is 14.0. The van der Waals surface area contributed by atoms with Crippen molar-refractivity contribution in [1.82, 2.24) is 20.2 Å². The molecule has 3 heterocycles. The Morgan fingerprint density at radius 2 is 2.12 bits per heavy atom. The number of aromatic amines is 1. The van der Waals surface area contributed by atoms with Gasteiger partial charge in [-0.15, -0.1) is 0 Å². The number of likely N-dealkylation sites (tertiary alicyclic amines) is 1. The minimum absolute atomic E-state index is 0.0853. The number of nitrogens with one attached hydrogen (secondary N) is 2. The number of amides is 2. The van der Waals surface area contributed by atoms with Gasteiger partial charge in [0.15, 0.2) is 0 Å². The van der Waals surface area contributed by atoms with Crippen molar-refractivity contribution in [3.05, 3.63) is 30.2 Å². The number of piperidine rings is 1. The van der Waals surface area contributed by atoms with Crippen molar-refractivity contribution in [2.75, 3.05) is 19.6 Å². The lowest BCUT2D eigenvalue weighted by atomic mass is 9.57. The Hall–Kier alpha value is -2.57. The number of H-pyrrole nitrogens is 1. The average Bonchev–Trinajstić information content (AvgIpc) is 3.02. The molecule has 3 N–H and O–H groups in total. The number of aromatic nitrogens is 2. The van der Waals surface area contributed by atoms with Gasteiger partial charge in [-0.25, -0.2) is 4.79 Å². The van der Waals surface area contributed by atoms with Crippen molar-refractivity contribution >= 4 is 22.9 Å². The Morgan fingerprint density at radius 3 is 2.80 bits per heavy atom. The second-order valence-electron chi connectivity index (χ2n) is 7.40. The van der Waals surface area contributed by atoms with E-state index in [1.165, 1.54) is 4.90 Å². The maximum atomic E-state index is 12.3. The first kappa shape index (κ1) is 15.9. The third kappa shape index (κ3) is 3.06. The van der Waals surface area contributed by atoms with Gasteiger partial charge in [-0.05, 0) is 49.1 Å². The molecule has 2 fully saturated rings. The SMILES string of the molecule is O=C(NCC1CC2(CCN(C(=O)O)CC2)C1)c1cc2cnccc2[nH]1. The van der Waals surface area contributed by atoms with Crippen LogP contribution in [0.5, 0.6) is 0 Å². The number of rotatable bonds is 3. The predicted octanol–water partition coefficient (Wildman–Crippen LogP) is 2.46. The summed E-state index contributed by atoms with van der Waals surface area (Å²) < 4.78 is 0. The van der Waals surface area contributed by atoms with Crippen LogP contribution in [0.3, 0.4) is 0 Å². The van der Waals surface area contributed by atoms with Crippen LogP contribution in [0.4, 0.5) is 4.79 Å². The Labute approximate surface area is 145 Å². The fraction of sp³-hybridized carbons (Fsp3) is 0.500. The molecule has 25 heavy (non-hydrogen) atoms. The molecular formula is C18H22N4O3. The highest BCUT2D eigenvalue weighted by Gasteiger charge is 2.46. The van der Waals surface area contributed by atoms with Crippen molar-refractivity contribution in [2.45, 2.75) is 25.7 Å². The summed E-state index contributed by atoms with van der Waals surface area (Å²) in [5.74, 6) is 0.407. The number of carboxylic acid groups (broad SMARTS) is 1. The highest BCUT2D eigenvalue weighted by atomic mass is 16.4. The summed E-state index contributed by atoms with van der Waals surface area (Å²) >= 11 is 0. The molecule has 2 aromatic rings. The summed E-state index contributed by atoms with van der Waals surface area (Å²) in [4.78, 5) is 32.0. The van der Waals surface area contributed by atoms with E-state index in [0.717, 1.165) is 36.6 Å². The molecular weight excluding hydrogens is 320 g/mol. The van der Waals surface area contributed by atoms with Crippen LogP contribution in [0, 0.1) is 11.3 Å².